The molecule has 4 nitrogen and oxygen atoms in total. The minimum atomic E-state index is -0.572. The van der Waals surface area contributed by atoms with Crippen LogP contribution in [0, 0.1) is 0 Å². The van der Waals surface area contributed by atoms with Crippen LogP contribution >= 0.6 is 0 Å². The first-order chi connectivity index (χ1) is 9.65. The highest BCUT2D eigenvalue weighted by atomic mass is 16.3. The van der Waals surface area contributed by atoms with Crippen LogP contribution in [-0.4, -0.2) is 17.1 Å². The number of nitrogens with two attached hydrogens (primary N) is 1. The Hall–Kier alpha value is -2.33. The van der Waals surface area contributed by atoms with Crippen molar-refractivity contribution in [1.29, 1.82) is 0 Å². The van der Waals surface area contributed by atoms with E-state index >= 15 is 0 Å². The molecule has 104 valence electrons. The molecular weight excluding hydrogens is 252 g/mol. The fraction of sp³-hybridized carbons (Fsp3) is 0.188. The lowest BCUT2D eigenvalue weighted by Gasteiger charge is -2.12. The summed E-state index contributed by atoms with van der Waals surface area (Å²) in [5.41, 5.74) is 7.58. The Balaban J connectivity index is 1.86. The largest absolute Gasteiger partial charge is 0.508 e. The van der Waals surface area contributed by atoms with Crippen molar-refractivity contribution in [1.82, 2.24) is 0 Å². The molecule has 2 rings (SSSR count). The maximum atomic E-state index is 11.9. The molecule has 0 aliphatic rings. The van der Waals surface area contributed by atoms with E-state index in [1.165, 1.54) is 6.07 Å². The molecule has 0 heterocycles. The van der Waals surface area contributed by atoms with Gasteiger partial charge >= 0.3 is 0 Å². The third-order valence-electron chi connectivity index (χ3n) is 3.04. The van der Waals surface area contributed by atoms with E-state index in [2.05, 4.69) is 5.32 Å². The van der Waals surface area contributed by atoms with Gasteiger partial charge in [-0.3, -0.25) is 4.79 Å². The van der Waals surface area contributed by atoms with Crippen molar-refractivity contribution < 1.29 is 9.90 Å². The van der Waals surface area contributed by atoms with E-state index in [0.29, 0.717) is 12.1 Å². The number of aromatic hydroxyl groups is 1. The van der Waals surface area contributed by atoms with E-state index in [9.17, 15) is 9.90 Å². The van der Waals surface area contributed by atoms with Crippen molar-refractivity contribution in [2.75, 3.05) is 5.32 Å². The summed E-state index contributed by atoms with van der Waals surface area (Å²) in [7, 11) is 0. The second-order valence-corrected chi connectivity index (χ2v) is 4.67. The number of phenols is 1. The van der Waals surface area contributed by atoms with Crippen LogP contribution in [0.5, 0.6) is 5.75 Å². The molecular formula is C16H18N2O2. The predicted molar refractivity (Wildman–Crippen MR) is 79.5 cm³/mol. The van der Waals surface area contributed by atoms with Crippen LogP contribution in [0.4, 0.5) is 5.69 Å². The van der Waals surface area contributed by atoms with E-state index < -0.39 is 6.04 Å². The van der Waals surface area contributed by atoms with E-state index in [0.717, 1.165) is 12.0 Å². The number of anilines is 1. The third kappa shape index (κ3) is 4.10. The van der Waals surface area contributed by atoms with Gasteiger partial charge in [-0.1, -0.05) is 36.4 Å². The lowest BCUT2D eigenvalue weighted by Crippen LogP contribution is -2.35. The molecule has 0 aliphatic carbocycles. The van der Waals surface area contributed by atoms with Gasteiger partial charge in [0, 0.05) is 11.8 Å². The molecule has 1 amide bonds. The van der Waals surface area contributed by atoms with Crippen molar-refractivity contribution >= 4 is 11.6 Å². The molecule has 4 heteroatoms. The Kier molecular flexibility index (Phi) is 4.74. The maximum Gasteiger partial charge on any atom is 0.241 e. The van der Waals surface area contributed by atoms with Gasteiger partial charge in [0.05, 0.1) is 6.04 Å². The summed E-state index contributed by atoms with van der Waals surface area (Å²) >= 11 is 0. The van der Waals surface area contributed by atoms with Crippen LogP contribution in [0.25, 0.3) is 0 Å². The van der Waals surface area contributed by atoms with Gasteiger partial charge in [0.1, 0.15) is 5.75 Å². The first-order valence-corrected chi connectivity index (χ1v) is 6.54. The molecule has 0 bridgehead atoms. The molecule has 0 aliphatic heterocycles. The number of benzene rings is 2. The summed E-state index contributed by atoms with van der Waals surface area (Å²) in [6.45, 7) is 0. The number of carbonyl (C=O) groups is 1. The Bertz CT molecular complexity index is 570. The second-order valence-electron chi connectivity index (χ2n) is 4.67. The molecule has 0 fully saturated rings. The smallest absolute Gasteiger partial charge is 0.241 e. The van der Waals surface area contributed by atoms with Crippen LogP contribution in [0.15, 0.2) is 54.6 Å². The van der Waals surface area contributed by atoms with Crippen LogP contribution in [0.1, 0.15) is 12.0 Å². The van der Waals surface area contributed by atoms with E-state index in [4.69, 9.17) is 5.73 Å². The van der Waals surface area contributed by atoms with Gasteiger partial charge < -0.3 is 16.2 Å². The highest BCUT2D eigenvalue weighted by Crippen LogP contribution is 2.15. The average Bonchev–Trinajstić information content (AvgIpc) is 2.46. The molecule has 0 saturated carbocycles. The quantitative estimate of drug-likeness (QED) is 0.780. The number of rotatable bonds is 5. The summed E-state index contributed by atoms with van der Waals surface area (Å²) in [6, 6.07) is 15.8. The Morgan fingerprint density at radius 2 is 1.90 bits per heavy atom. The summed E-state index contributed by atoms with van der Waals surface area (Å²) < 4.78 is 0. The van der Waals surface area contributed by atoms with Gasteiger partial charge in [-0.25, -0.2) is 0 Å². The fourth-order valence-corrected chi connectivity index (χ4v) is 1.92. The molecule has 1 atom stereocenters. The highest BCUT2D eigenvalue weighted by molar-refractivity contribution is 5.94. The molecule has 0 spiro atoms. The summed E-state index contributed by atoms with van der Waals surface area (Å²) in [6.07, 6.45) is 1.34. The maximum absolute atomic E-state index is 11.9. The molecule has 1 unspecified atom stereocenters. The van der Waals surface area contributed by atoms with E-state index in [1.807, 2.05) is 30.3 Å². The SMILES string of the molecule is NC(CCc1ccccc1)C(=O)Nc1cccc(O)c1. The van der Waals surface area contributed by atoms with Crippen LogP contribution in [0.2, 0.25) is 0 Å². The normalized spacial score (nSPS) is 11.8. The molecule has 2 aromatic rings. The first kappa shape index (κ1) is 14.1. The van der Waals surface area contributed by atoms with Crippen molar-refractivity contribution in [2.24, 2.45) is 5.73 Å². The number of nitrogens with one attached hydrogen (secondary N) is 1. The minimum absolute atomic E-state index is 0.112. The van der Waals surface area contributed by atoms with E-state index in [-0.39, 0.29) is 11.7 Å². The number of phenolic OH excluding ortho intramolecular Hbond substituents is 1. The topological polar surface area (TPSA) is 75.4 Å². The average molecular weight is 270 g/mol. The monoisotopic (exact) mass is 270 g/mol. The van der Waals surface area contributed by atoms with Crippen molar-refractivity contribution in [3.63, 3.8) is 0 Å². The molecule has 4 N–H and O–H groups in total. The molecule has 0 saturated heterocycles. The van der Waals surface area contributed by atoms with Crippen LogP contribution in [0.3, 0.4) is 0 Å². The zero-order valence-corrected chi connectivity index (χ0v) is 11.1. The van der Waals surface area contributed by atoms with Crippen molar-refractivity contribution in [3.8, 4) is 5.75 Å². The van der Waals surface area contributed by atoms with Gasteiger partial charge in [0.15, 0.2) is 0 Å². The van der Waals surface area contributed by atoms with Crippen molar-refractivity contribution in [3.05, 3.63) is 60.2 Å². The Morgan fingerprint density at radius 3 is 2.60 bits per heavy atom. The third-order valence-corrected chi connectivity index (χ3v) is 3.04. The van der Waals surface area contributed by atoms with Gasteiger partial charge in [0.2, 0.25) is 5.91 Å². The molecule has 0 aromatic heterocycles. The van der Waals surface area contributed by atoms with Crippen molar-refractivity contribution in [2.45, 2.75) is 18.9 Å². The standard InChI is InChI=1S/C16H18N2O2/c17-15(10-9-12-5-2-1-3-6-12)16(20)18-13-7-4-8-14(19)11-13/h1-8,11,15,19H,9-10,17H2,(H,18,20). The number of hydrogen-bond acceptors (Lipinski definition) is 3. The molecule has 0 radical (unpaired) electrons. The fourth-order valence-electron chi connectivity index (χ4n) is 1.92. The Morgan fingerprint density at radius 1 is 1.15 bits per heavy atom. The van der Waals surface area contributed by atoms with Crippen LogP contribution in [-0.2, 0) is 11.2 Å². The molecule has 20 heavy (non-hydrogen) atoms. The first-order valence-electron chi connectivity index (χ1n) is 6.54. The summed E-state index contributed by atoms with van der Waals surface area (Å²) in [5.74, 6) is -0.132. The lowest BCUT2D eigenvalue weighted by atomic mass is 10.1. The van der Waals surface area contributed by atoms with Gasteiger partial charge in [-0.2, -0.15) is 0 Å². The van der Waals surface area contributed by atoms with Gasteiger partial charge in [-0.15, -0.1) is 0 Å². The summed E-state index contributed by atoms with van der Waals surface area (Å²) in [5, 5.41) is 12.0. The lowest BCUT2D eigenvalue weighted by molar-refractivity contribution is -0.117. The van der Waals surface area contributed by atoms with Crippen LogP contribution < -0.4 is 11.1 Å². The minimum Gasteiger partial charge on any atom is -0.508 e. The zero-order valence-electron chi connectivity index (χ0n) is 11.1. The van der Waals surface area contributed by atoms with Gasteiger partial charge in [0.25, 0.3) is 0 Å². The number of hydrogen-bond donors (Lipinski definition) is 3. The number of carbonyl (C=O) groups excluding carboxylic acids is 1. The number of amides is 1. The predicted octanol–water partition coefficient (Wildman–Crippen LogP) is 2.29. The van der Waals surface area contributed by atoms with Gasteiger partial charge in [-0.05, 0) is 30.5 Å². The van der Waals surface area contributed by atoms with E-state index in [1.54, 1.807) is 18.2 Å². The zero-order chi connectivity index (χ0) is 14.4. The number of aryl methyl sites for hydroxylation is 1. The Labute approximate surface area is 118 Å². The summed E-state index contributed by atoms with van der Waals surface area (Å²) in [4.78, 5) is 11.9. The molecule has 2 aromatic carbocycles. The second kappa shape index (κ2) is 6.73. The highest BCUT2D eigenvalue weighted by Gasteiger charge is 2.13.